The van der Waals surface area contributed by atoms with Crippen LogP contribution in [0, 0.1) is 19.8 Å². The Kier molecular flexibility index (Phi) is 16.1. The molecule has 0 spiro atoms. The summed E-state index contributed by atoms with van der Waals surface area (Å²) in [5, 5.41) is 0. The third-order valence-corrected chi connectivity index (χ3v) is 4.30. The highest BCUT2D eigenvalue weighted by Crippen LogP contribution is 2.21. The molecule has 0 rings (SSSR count). The minimum absolute atomic E-state index is 0.996. The lowest BCUT2D eigenvalue weighted by Crippen LogP contribution is -1.99. The lowest BCUT2D eigenvalue weighted by atomic mass is 9.92. The summed E-state index contributed by atoms with van der Waals surface area (Å²) in [7, 11) is 0. The van der Waals surface area contributed by atoms with Crippen molar-refractivity contribution in [3.05, 3.63) is 13.8 Å². The first-order valence-corrected chi connectivity index (χ1v) is 8.93. The van der Waals surface area contributed by atoms with Gasteiger partial charge in [0.1, 0.15) is 0 Å². The van der Waals surface area contributed by atoms with Crippen molar-refractivity contribution in [1.29, 1.82) is 0 Å². The van der Waals surface area contributed by atoms with Crippen LogP contribution in [-0.4, -0.2) is 0 Å². The smallest absolute Gasteiger partial charge is 0.0417 e. The molecule has 2 radical (unpaired) electrons. The fourth-order valence-corrected chi connectivity index (χ4v) is 2.83. The van der Waals surface area contributed by atoms with Gasteiger partial charge in [0.15, 0.2) is 0 Å². The van der Waals surface area contributed by atoms with Gasteiger partial charge in [0.05, 0.1) is 0 Å². The Bertz CT molecular complexity index is 150. The molecule has 0 heteroatoms. The van der Waals surface area contributed by atoms with E-state index in [2.05, 4.69) is 20.8 Å². The average Bonchev–Trinajstić information content (AvgIpc) is 2.44. The molecular weight excluding hydrogens is 228 g/mol. The minimum Gasteiger partial charge on any atom is -0.0651 e. The third-order valence-electron chi connectivity index (χ3n) is 4.30. The van der Waals surface area contributed by atoms with E-state index < -0.39 is 0 Å². The maximum Gasteiger partial charge on any atom is -0.0417 e. The molecule has 0 fully saturated rings. The summed E-state index contributed by atoms with van der Waals surface area (Å²) < 4.78 is 0. The van der Waals surface area contributed by atoms with Crippen molar-refractivity contribution in [1.82, 2.24) is 0 Å². The molecule has 0 nitrogen and oxygen atoms in total. The second-order valence-electron chi connectivity index (χ2n) is 6.09. The van der Waals surface area contributed by atoms with Crippen LogP contribution in [-0.2, 0) is 0 Å². The standard InChI is InChI=1S/C19H38/c1-4-7-9-11-12-13-14-16-18-19(6-3)17-15-10-8-5-2/h19H,1-2,4-18H2,3H3. The van der Waals surface area contributed by atoms with Crippen LogP contribution in [0.15, 0.2) is 0 Å². The van der Waals surface area contributed by atoms with Crippen molar-refractivity contribution in [3.8, 4) is 0 Å². The normalized spacial score (nSPS) is 12.8. The Morgan fingerprint density at radius 1 is 0.579 bits per heavy atom. The third kappa shape index (κ3) is 14.2. The quantitative estimate of drug-likeness (QED) is 0.276. The zero-order valence-electron chi connectivity index (χ0n) is 13.6. The molecule has 114 valence electrons. The van der Waals surface area contributed by atoms with Crippen LogP contribution >= 0.6 is 0 Å². The van der Waals surface area contributed by atoms with Crippen molar-refractivity contribution in [2.24, 2.45) is 5.92 Å². The highest BCUT2D eigenvalue weighted by Gasteiger charge is 2.05. The van der Waals surface area contributed by atoms with Gasteiger partial charge >= 0.3 is 0 Å². The summed E-state index contributed by atoms with van der Waals surface area (Å²) in [6, 6.07) is 0. The van der Waals surface area contributed by atoms with Crippen LogP contribution in [0.3, 0.4) is 0 Å². The van der Waals surface area contributed by atoms with Crippen LogP contribution in [0.1, 0.15) is 103 Å². The van der Waals surface area contributed by atoms with Gasteiger partial charge in [0, 0.05) is 0 Å². The number of unbranched alkanes of at least 4 members (excludes halogenated alkanes) is 10. The zero-order chi connectivity index (χ0) is 14.2. The molecule has 0 amide bonds. The Balaban J connectivity index is 3.26. The van der Waals surface area contributed by atoms with Crippen molar-refractivity contribution < 1.29 is 0 Å². The van der Waals surface area contributed by atoms with E-state index in [0.717, 1.165) is 18.8 Å². The summed E-state index contributed by atoms with van der Waals surface area (Å²) in [6.07, 6.45) is 20.7. The Hall–Kier alpha value is 0. The van der Waals surface area contributed by atoms with E-state index in [-0.39, 0.29) is 0 Å². The predicted molar refractivity (Wildman–Crippen MR) is 89.1 cm³/mol. The van der Waals surface area contributed by atoms with Gasteiger partial charge in [-0.25, -0.2) is 0 Å². The van der Waals surface area contributed by atoms with Crippen LogP contribution in [0.2, 0.25) is 0 Å². The van der Waals surface area contributed by atoms with Crippen LogP contribution in [0.25, 0.3) is 0 Å². The maximum atomic E-state index is 3.92. The van der Waals surface area contributed by atoms with Crippen LogP contribution < -0.4 is 0 Å². The molecule has 0 aliphatic heterocycles. The van der Waals surface area contributed by atoms with Gasteiger partial charge in [0.25, 0.3) is 0 Å². The topological polar surface area (TPSA) is 0 Å². The highest BCUT2D eigenvalue weighted by molar-refractivity contribution is 4.59. The lowest BCUT2D eigenvalue weighted by Gasteiger charge is -2.14. The monoisotopic (exact) mass is 266 g/mol. The summed E-state index contributed by atoms with van der Waals surface area (Å²) in [6.45, 7) is 10.2. The van der Waals surface area contributed by atoms with Crippen molar-refractivity contribution in [2.75, 3.05) is 0 Å². The van der Waals surface area contributed by atoms with Gasteiger partial charge in [-0.15, -0.1) is 0 Å². The number of rotatable bonds is 15. The molecule has 0 aromatic rings. The van der Waals surface area contributed by atoms with Gasteiger partial charge in [0.2, 0.25) is 0 Å². The van der Waals surface area contributed by atoms with E-state index in [1.165, 1.54) is 83.5 Å². The van der Waals surface area contributed by atoms with E-state index in [1.54, 1.807) is 0 Å². The molecule has 0 aromatic heterocycles. The van der Waals surface area contributed by atoms with E-state index in [1.807, 2.05) is 0 Å². The summed E-state index contributed by atoms with van der Waals surface area (Å²) in [4.78, 5) is 0. The first kappa shape index (κ1) is 19.0. The fraction of sp³-hybridized carbons (Fsp3) is 0.895. The molecule has 1 unspecified atom stereocenters. The van der Waals surface area contributed by atoms with E-state index in [9.17, 15) is 0 Å². The second kappa shape index (κ2) is 16.1. The largest absolute Gasteiger partial charge is 0.0651 e. The molecule has 0 saturated carbocycles. The Morgan fingerprint density at radius 3 is 1.37 bits per heavy atom. The fourth-order valence-electron chi connectivity index (χ4n) is 2.83. The van der Waals surface area contributed by atoms with Crippen molar-refractivity contribution in [3.63, 3.8) is 0 Å². The summed E-state index contributed by atoms with van der Waals surface area (Å²) in [5.41, 5.74) is 0. The Labute approximate surface area is 123 Å². The minimum atomic E-state index is 0.996. The second-order valence-corrected chi connectivity index (χ2v) is 6.09. The molecule has 0 aromatic carbocycles. The number of hydrogen-bond donors (Lipinski definition) is 0. The van der Waals surface area contributed by atoms with E-state index >= 15 is 0 Å². The van der Waals surface area contributed by atoms with E-state index in [0.29, 0.717) is 0 Å². The zero-order valence-corrected chi connectivity index (χ0v) is 13.6. The Morgan fingerprint density at radius 2 is 0.947 bits per heavy atom. The van der Waals surface area contributed by atoms with Crippen molar-refractivity contribution in [2.45, 2.75) is 103 Å². The molecule has 0 N–H and O–H groups in total. The predicted octanol–water partition coefficient (Wildman–Crippen LogP) is 7.14. The van der Waals surface area contributed by atoms with Gasteiger partial charge < -0.3 is 0 Å². The SMILES string of the molecule is [CH2]CCCCCCCCCC(CC)CCCCC[CH2]. The van der Waals surface area contributed by atoms with Gasteiger partial charge in [-0.1, -0.05) is 117 Å². The summed E-state index contributed by atoms with van der Waals surface area (Å²) in [5.74, 6) is 0.996. The molecular formula is C19H38. The van der Waals surface area contributed by atoms with Crippen LogP contribution in [0.4, 0.5) is 0 Å². The first-order valence-electron chi connectivity index (χ1n) is 8.93. The highest BCUT2D eigenvalue weighted by atomic mass is 14.1. The van der Waals surface area contributed by atoms with E-state index in [4.69, 9.17) is 0 Å². The number of hydrogen-bond acceptors (Lipinski definition) is 0. The average molecular weight is 267 g/mol. The summed E-state index contributed by atoms with van der Waals surface area (Å²) >= 11 is 0. The molecule has 0 heterocycles. The van der Waals surface area contributed by atoms with Crippen molar-refractivity contribution >= 4 is 0 Å². The molecule has 19 heavy (non-hydrogen) atoms. The molecule has 0 saturated heterocycles. The first-order chi connectivity index (χ1) is 9.35. The molecule has 0 bridgehead atoms. The molecule has 0 aliphatic rings. The van der Waals surface area contributed by atoms with Crippen LogP contribution in [0.5, 0.6) is 0 Å². The van der Waals surface area contributed by atoms with Gasteiger partial charge in [-0.2, -0.15) is 0 Å². The van der Waals surface area contributed by atoms with Gasteiger partial charge in [-0.3, -0.25) is 0 Å². The molecule has 0 aliphatic carbocycles. The lowest BCUT2D eigenvalue weighted by molar-refractivity contribution is 0.394. The molecule has 1 atom stereocenters. The maximum absolute atomic E-state index is 3.92. The van der Waals surface area contributed by atoms with Gasteiger partial charge in [-0.05, 0) is 5.92 Å².